The lowest BCUT2D eigenvalue weighted by molar-refractivity contribution is -0.148. The topological polar surface area (TPSA) is 81.9 Å². The molecule has 0 bridgehead atoms. The molecule has 0 spiro atoms. The van der Waals surface area contributed by atoms with Crippen LogP contribution in [0.2, 0.25) is 0 Å². The number of morpholine rings is 1. The molecule has 3 aromatic heterocycles. The van der Waals surface area contributed by atoms with E-state index < -0.39 is 18.0 Å². The first-order valence-corrected chi connectivity index (χ1v) is 10.2. The standard InChI is InChI=1S/C20H22F3N7O/c1-10-11(2)26-18-17(25-10)16(13-6-14(13)20(21,22)23)27-19(28-18)30-4-5-31-15(9-30)12-7-24-29(3)8-12/h7-8,13-15H,4-6,9H2,1-3H3/t13-,14+,15+/m1/s1. The van der Waals surface area contributed by atoms with Gasteiger partial charge in [-0.2, -0.15) is 23.3 Å². The third kappa shape index (κ3) is 3.71. The minimum absolute atomic E-state index is 0.0189. The Labute approximate surface area is 176 Å². The molecule has 0 amide bonds. The maximum Gasteiger partial charge on any atom is 0.392 e. The van der Waals surface area contributed by atoms with Crippen molar-refractivity contribution in [2.24, 2.45) is 13.0 Å². The Morgan fingerprint density at radius 1 is 1.10 bits per heavy atom. The number of hydrogen-bond acceptors (Lipinski definition) is 7. The quantitative estimate of drug-likeness (QED) is 0.628. The van der Waals surface area contributed by atoms with Crippen LogP contribution in [0.25, 0.3) is 11.2 Å². The van der Waals surface area contributed by atoms with E-state index in [-0.39, 0.29) is 12.5 Å². The van der Waals surface area contributed by atoms with Crippen LogP contribution in [0, 0.1) is 19.8 Å². The minimum Gasteiger partial charge on any atom is -0.370 e. The molecule has 3 aromatic rings. The predicted molar refractivity (Wildman–Crippen MR) is 106 cm³/mol. The molecule has 2 aliphatic rings. The summed E-state index contributed by atoms with van der Waals surface area (Å²) in [5, 5.41) is 4.19. The molecule has 2 fully saturated rings. The van der Waals surface area contributed by atoms with Gasteiger partial charge >= 0.3 is 6.18 Å². The maximum absolute atomic E-state index is 13.3. The van der Waals surface area contributed by atoms with Crippen LogP contribution in [0.4, 0.5) is 19.1 Å². The van der Waals surface area contributed by atoms with Crippen LogP contribution in [0.5, 0.6) is 0 Å². The van der Waals surface area contributed by atoms with Gasteiger partial charge in [-0.1, -0.05) is 0 Å². The summed E-state index contributed by atoms with van der Waals surface area (Å²) >= 11 is 0. The van der Waals surface area contributed by atoms with Crippen LogP contribution in [0.15, 0.2) is 12.4 Å². The smallest absolute Gasteiger partial charge is 0.370 e. The number of fused-ring (bicyclic) bond motifs is 1. The summed E-state index contributed by atoms with van der Waals surface area (Å²) in [7, 11) is 1.83. The lowest BCUT2D eigenvalue weighted by Gasteiger charge is -2.32. The van der Waals surface area contributed by atoms with Crippen LogP contribution in [0.3, 0.4) is 0 Å². The third-order valence-corrected chi connectivity index (χ3v) is 5.97. The lowest BCUT2D eigenvalue weighted by atomic mass is 10.1. The number of ether oxygens (including phenoxy) is 1. The van der Waals surface area contributed by atoms with Crippen LogP contribution in [-0.4, -0.2) is 55.6 Å². The largest absolute Gasteiger partial charge is 0.392 e. The molecular weight excluding hydrogens is 411 g/mol. The van der Waals surface area contributed by atoms with Crippen molar-refractivity contribution in [2.45, 2.75) is 38.5 Å². The average molecular weight is 433 g/mol. The maximum atomic E-state index is 13.3. The van der Waals surface area contributed by atoms with Crippen LogP contribution in [0.1, 0.15) is 41.1 Å². The van der Waals surface area contributed by atoms with Gasteiger partial charge < -0.3 is 9.64 Å². The van der Waals surface area contributed by atoms with E-state index in [0.29, 0.717) is 53.9 Å². The molecule has 1 aliphatic carbocycles. The number of aryl methyl sites for hydroxylation is 3. The monoisotopic (exact) mass is 433 g/mol. The van der Waals surface area contributed by atoms with Crippen LogP contribution < -0.4 is 4.90 Å². The van der Waals surface area contributed by atoms with Gasteiger partial charge in [-0.05, 0) is 20.3 Å². The van der Waals surface area contributed by atoms with Crippen molar-refractivity contribution in [3.63, 3.8) is 0 Å². The Hall–Kier alpha value is -2.82. The van der Waals surface area contributed by atoms with Crippen molar-refractivity contribution < 1.29 is 17.9 Å². The van der Waals surface area contributed by atoms with E-state index in [0.717, 1.165) is 5.56 Å². The van der Waals surface area contributed by atoms with E-state index in [2.05, 4.69) is 25.0 Å². The fraction of sp³-hybridized carbons (Fsp3) is 0.550. The number of halogens is 3. The Kier molecular flexibility index (Phi) is 4.61. The van der Waals surface area contributed by atoms with Crippen molar-refractivity contribution in [1.82, 2.24) is 29.7 Å². The highest BCUT2D eigenvalue weighted by Gasteiger charge is 2.57. The Morgan fingerprint density at radius 2 is 1.87 bits per heavy atom. The van der Waals surface area contributed by atoms with Gasteiger partial charge in [0.05, 0.1) is 42.3 Å². The van der Waals surface area contributed by atoms with E-state index in [1.807, 2.05) is 25.1 Å². The summed E-state index contributed by atoms with van der Waals surface area (Å²) in [6.45, 7) is 5.05. The molecular formula is C20H22F3N7O. The zero-order chi connectivity index (χ0) is 21.9. The summed E-state index contributed by atoms with van der Waals surface area (Å²) < 4.78 is 47.5. The molecule has 0 radical (unpaired) electrons. The van der Waals surface area contributed by atoms with E-state index in [9.17, 15) is 13.2 Å². The molecule has 31 heavy (non-hydrogen) atoms. The van der Waals surface area contributed by atoms with Crippen molar-refractivity contribution in [2.75, 3.05) is 24.6 Å². The first-order chi connectivity index (χ1) is 14.7. The van der Waals surface area contributed by atoms with Gasteiger partial charge in [0.1, 0.15) is 11.6 Å². The number of rotatable bonds is 3. The molecule has 0 aromatic carbocycles. The second kappa shape index (κ2) is 7.11. The van der Waals surface area contributed by atoms with Gasteiger partial charge in [-0.3, -0.25) is 4.68 Å². The summed E-state index contributed by atoms with van der Waals surface area (Å²) in [5.74, 6) is -1.74. The molecule has 4 heterocycles. The number of hydrogen-bond donors (Lipinski definition) is 0. The fourth-order valence-corrected chi connectivity index (χ4v) is 4.02. The van der Waals surface area contributed by atoms with Gasteiger partial charge in [-0.15, -0.1) is 0 Å². The molecule has 1 saturated carbocycles. The zero-order valence-electron chi connectivity index (χ0n) is 17.4. The number of anilines is 1. The minimum atomic E-state index is -4.25. The molecule has 5 rings (SSSR count). The van der Waals surface area contributed by atoms with Crippen LogP contribution in [-0.2, 0) is 11.8 Å². The third-order valence-electron chi connectivity index (χ3n) is 5.97. The molecule has 1 saturated heterocycles. The summed E-state index contributed by atoms with van der Waals surface area (Å²) in [4.78, 5) is 20.1. The van der Waals surface area contributed by atoms with Crippen molar-refractivity contribution in [1.29, 1.82) is 0 Å². The predicted octanol–water partition coefficient (Wildman–Crippen LogP) is 3.01. The normalized spacial score (nSPS) is 24.1. The second-order valence-corrected chi connectivity index (χ2v) is 8.22. The molecule has 164 valence electrons. The Bertz CT molecular complexity index is 1150. The number of aromatic nitrogens is 6. The fourth-order valence-electron chi connectivity index (χ4n) is 4.02. The van der Waals surface area contributed by atoms with Gasteiger partial charge in [0.25, 0.3) is 0 Å². The van der Waals surface area contributed by atoms with Crippen molar-refractivity contribution >= 4 is 17.1 Å². The highest BCUT2D eigenvalue weighted by atomic mass is 19.4. The van der Waals surface area contributed by atoms with E-state index in [1.54, 1.807) is 17.8 Å². The number of alkyl halides is 3. The first-order valence-electron chi connectivity index (χ1n) is 10.2. The first kappa shape index (κ1) is 20.1. The highest BCUT2D eigenvalue weighted by molar-refractivity contribution is 5.75. The van der Waals surface area contributed by atoms with Gasteiger partial charge in [0.2, 0.25) is 5.95 Å². The Balaban J connectivity index is 1.54. The lowest BCUT2D eigenvalue weighted by Crippen LogP contribution is -2.39. The molecule has 0 unspecified atom stereocenters. The summed E-state index contributed by atoms with van der Waals surface area (Å²) in [5.41, 5.74) is 3.32. The van der Waals surface area contributed by atoms with E-state index in [4.69, 9.17) is 4.74 Å². The summed E-state index contributed by atoms with van der Waals surface area (Å²) in [6.07, 6.45) is -0.822. The van der Waals surface area contributed by atoms with Crippen molar-refractivity contribution in [3.8, 4) is 0 Å². The van der Waals surface area contributed by atoms with Crippen molar-refractivity contribution in [3.05, 3.63) is 35.0 Å². The highest BCUT2D eigenvalue weighted by Crippen LogP contribution is 2.56. The van der Waals surface area contributed by atoms with E-state index >= 15 is 0 Å². The molecule has 1 aliphatic heterocycles. The van der Waals surface area contributed by atoms with Gasteiger partial charge in [-0.25, -0.2) is 15.0 Å². The second-order valence-electron chi connectivity index (χ2n) is 8.22. The SMILES string of the molecule is Cc1nc2nc(N3CCO[C@H](c4cnn(C)c4)C3)nc([C@@H]3C[C@@H]3C(F)(F)F)c2nc1C. The van der Waals surface area contributed by atoms with E-state index in [1.165, 1.54) is 0 Å². The molecule has 0 N–H and O–H groups in total. The van der Waals surface area contributed by atoms with Crippen LogP contribution >= 0.6 is 0 Å². The zero-order valence-corrected chi connectivity index (χ0v) is 17.4. The molecule has 8 nitrogen and oxygen atoms in total. The average Bonchev–Trinajstić information content (AvgIpc) is 3.43. The molecule has 3 atom stereocenters. The van der Waals surface area contributed by atoms with Gasteiger partial charge in [0.15, 0.2) is 5.65 Å². The Morgan fingerprint density at radius 3 is 2.55 bits per heavy atom. The summed E-state index contributed by atoms with van der Waals surface area (Å²) in [6, 6.07) is 0. The van der Waals surface area contributed by atoms with Gasteiger partial charge in [0, 0.05) is 31.3 Å². The molecule has 11 heteroatoms. The number of nitrogens with zero attached hydrogens (tertiary/aromatic N) is 7.